The summed E-state index contributed by atoms with van der Waals surface area (Å²) < 4.78 is 8.90. The Hall–Kier alpha value is 0.840. The van der Waals surface area contributed by atoms with Crippen molar-refractivity contribution in [1.29, 1.82) is 0 Å². The molecule has 0 aromatic heterocycles. The van der Waals surface area contributed by atoms with Crippen molar-refractivity contribution in [2.24, 2.45) is 5.92 Å². The zero-order valence-corrected chi connectivity index (χ0v) is 18.0. The molecule has 1 saturated heterocycles. The van der Waals surface area contributed by atoms with Crippen LogP contribution in [0.3, 0.4) is 0 Å². The number of nitrogens with zero attached hydrogens (tertiary/aromatic N) is 1. The Kier molecular flexibility index (Phi) is 5.61. The van der Waals surface area contributed by atoms with Gasteiger partial charge in [-0.1, -0.05) is 0 Å². The smallest absolute Gasteiger partial charge is 0.339 e. The van der Waals surface area contributed by atoms with Gasteiger partial charge in [-0.2, -0.15) is 0 Å². The van der Waals surface area contributed by atoms with Crippen LogP contribution in [-0.4, -0.2) is 36.6 Å². The second kappa shape index (κ2) is 6.53. The van der Waals surface area contributed by atoms with Crippen LogP contribution >= 0.6 is 67.8 Å². The molecule has 0 saturated carbocycles. The number of hydrogen-bond donors (Lipinski definition) is 0. The summed E-state index contributed by atoms with van der Waals surface area (Å²) in [6.07, 6.45) is 0. The third kappa shape index (κ3) is 3.78. The van der Waals surface area contributed by atoms with Gasteiger partial charge in [0.2, 0.25) is 0 Å². The van der Waals surface area contributed by atoms with Gasteiger partial charge in [0.25, 0.3) is 0 Å². The van der Waals surface area contributed by atoms with Crippen molar-refractivity contribution in [3.63, 3.8) is 0 Å². The minimum absolute atomic E-state index is 0.217. The summed E-state index contributed by atoms with van der Waals surface area (Å²) in [7, 11) is 2.08. The minimum atomic E-state index is -0.417. The van der Waals surface area contributed by atoms with Gasteiger partial charge in [0.15, 0.2) is 0 Å². The number of carbonyl (C=O) groups excluding carboxylic acids is 1. The average molecular weight is 611 g/mol. The van der Waals surface area contributed by atoms with Crippen LogP contribution in [0.5, 0.6) is 0 Å². The van der Waals surface area contributed by atoms with Crippen molar-refractivity contribution in [2.45, 2.75) is 19.4 Å². The van der Waals surface area contributed by atoms with E-state index >= 15 is 0 Å². The Morgan fingerprint density at radius 3 is 2.45 bits per heavy atom. The minimum Gasteiger partial charge on any atom is -0.456 e. The monoisotopic (exact) mass is 611 g/mol. The Balaban J connectivity index is 2.16. The molecule has 0 unspecified atom stereocenters. The molecule has 1 heterocycles. The zero-order valence-electron chi connectivity index (χ0n) is 11.5. The highest BCUT2D eigenvalue weighted by Gasteiger charge is 2.40. The van der Waals surface area contributed by atoms with Crippen LogP contribution in [0.25, 0.3) is 0 Å². The first-order valence-corrected chi connectivity index (χ1v) is 9.51. The third-order valence-corrected chi connectivity index (χ3v) is 7.28. The highest BCUT2D eigenvalue weighted by atomic mass is 127. The maximum absolute atomic E-state index is 12.5. The van der Waals surface area contributed by atoms with Gasteiger partial charge in [-0.15, -0.1) is 0 Å². The molecular weight excluding hydrogens is 595 g/mol. The van der Waals surface area contributed by atoms with E-state index in [4.69, 9.17) is 4.74 Å². The molecular formula is C14H16I3NO2. The molecule has 20 heavy (non-hydrogen) atoms. The fourth-order valence-corrected chi connectivity index (χ4v) is 4.60. The summed E-state index contributed by atoms with van der Waals surface area (Å²) in [6.45, 7) is 5.99. The van der Waals surface area contributed by atoms with Crippen molar-refractivity contribution in [2.75, 3.05) is 20.1 Å². The van der Waals surface area contributed by atoms with Gasteiger partial charge in [-0.05, 0) is 101 Å². The van der Waals surface area contributed by atoms with E-state index in [-0.39, 0.29) is 5.97 Å². The van der Waals surface area contributed by atoms with Crippen LogP contribution in [0.1, 0.15) is 24.2 Å². The molecule has 0 bridgehead atoms. The number of likely N-dealkylation sites (tertiary alicyclic amines) is 1. The van der Waals surface area contributed by atoms with Crippen molar-refractivity contribution in [1.82, 2.24) is 4.90 Å². The molecule has 1 aromatic carbocycles. The summed E-state index contributed by atoms with van der Waals surface area (Å²) in [5.74, 6) is 0.196. The molecule has 1 aliphatic rings. The molecule has 6 heteroatoms. The van der Waals surface area contributed by atoms with E-state index in [0.29, 0.717) is 11.5 Å². The molecule has 110 valence electrons. The van der Waals surface area contributed by atoms with E-state index in [2.05, 4.69) is 85.8 Å². The van der Waals surface area contributed by atoms with Crippen LogP contribution in [0.2, 0.25) is 0 Å². The van der Waals surface area contributed by atoms with Gasteiger partial charge in [-0.25, -0.2) is 4.79 Å². The van der Waals surface area contributed by atoms with Gasteiger partial charge in [0.1, 0.15) is 5.60 Å². The van der Waals surface area contributed by atoms with E-state index in [1.165, 1.54) is 0 Å². The lowest BCUT2D eigenvalue weighted by Crippen LogP contribution is -2.55. The molecule has 0 amide bonds. The van der Waals surface area contributed by atoms with E-state index in [0.717, 1.165) is 23.8 Å². The molecule has 0 radical (unpaired) electrons. The van der Waals surface area contributed by atoms with E-state index in [1.807, 2.05) is 19.9 Å². The summed E-state index contributed by atoms with van der Waals surface area (Å²) in [5, 5.41) is 0. The fraction of sp³-hybridized carbons (Fsp3) is 0.500. The van der Waals surface area contributed by atoms with Gasteiger partial charge in [0.05, 0.1) is 5.56 Å². The van der Waals surface area contributed by atoms with Crippen LogP contribution < -0.4 is 0 Å². The number of hydrogen-bond acceptors (Lipinski definition) is 3. The summed E-state index contributed by atoms with van der Waals surface area (Å²) >= 11 is 6.70. The lowest BCUT2D eigenvalue weighted by atomic mass is 9.84. The molecule has 3 nitrogen and oxygen atoms in total. The van der Waals surface area contributed by atoms with Crippen molar-refractivity contribution in [3.8, 4) is 0 Å². The quantitative estimate of drug-likeness (QED) is 0.295. The van der Waals surface area contributed by atoms with Gasteiger partial charge < -0.3 is 9.64 Å². The maximum atomic E-state index is 12.5. The Labute approximate surface area is 160 Å². The first-order chi connectivity index (χ1) is 9.20. The van der Waals surface area contributed by atoms with Crippen molar-refractivity contribution < 1.29 is 9.53 Å². The van der Waals surface area contributed by atoms with Gasteiger partial charge >= 0.3 is 5.97 Å². The second-order valence-electron chi connectivity index (χ2n) is 5.66. The van der Waals surface area contributed by atoms with E-state index in [1.54, 1.807) is 0 Å². The summed E-state index contributed by atoms with van der Waals surface area (Å²) in [5.41, 5.74) is 0.252. The second-order valence-corrected chi connectivity index (χ2v) is 9.15. The lowest BCUT2D eigenvalue weighted by Gasteiger charge is -2.45. The number of carbonyl (C=O) groups is 1. The lowest BCUT2D eigenvalue weighted by molar-refractivity contribution is -0.0718. The molecule has 1 aliphatic heterocycles. The number of halogens is 3. The van der Waals surface area contributed by atoms with E-state index in [9.17, 15) is 4.79 Å². The number of rotatable bonds is 3. The fourth-order valence-electron chi connectivity index (χ4n) is 2.22. The third-order valence-electron chi connectivity index (χ3n) is 3.62. The van der Waals surface area contributed by atoms with Gasteiger partial charge in [-0.3, -0.25) is 0 Å². The predicted molar refractivity (Wildman–Crippen MR) is 105 cm³/mol. The molecule has 0 aliphatic carbocycles. The van der Waals surface area contributed by atoms with Crippen LogP contribution in [0.15, 0.2) is 12.1 Å². The van der Waals surface area contributed by atoms with Gasteiger partial charge in [0, 0.05) is 29.7 Å². The molecule has 2 rings (SSSR count). The number of ether oxygens (including phenoxy) is 1. The first-order valence-electron chi connectivity index (χ1n) is 6.27. The Morgan fingerprint density at radius 1 is 1.30 bits per heavy atom. The largest absolute Gasteiger partial charge is 0.456 e. The average Bonchev–Trinajstić information content (AvgIpc) is 2.29. The number of benzene rings is 1. The molecule has 1 aromatic rings. The number of esters is 1. The molecule has 0 N–H and O–H groups in total. The molecule has 1 fully saturated rings. The first kappa shape index (κ1) is 17.2. The standard InChI is InChI=1S/C14H16I3NO2/c1-14(2,8-6-18(3)7-8)20-13(19)10-4-9(15)5-11(16)12(10)17/h4-5,8H,6-7H2,1-3H3. The van der Waals surface area contributed by atoms with Crippen molar-refractivity contribution in [3.05, 3.63) is 28.4 Å². The van der Waals surface area contributed by atoms with Crippen LogP contribution in [0.4, 0.5) is 0 Å². The topological polar surface area (TPSA) is 29.5 Å². The SMILES string of the molecule is CN1CC(C(C)(C)OC(=O)c2cc(I)cc(I)c2I)C1. The molecule has 0 atom stereocenters. The summed E-state index contributed by atoms with van der Waals surface area (Å²) in [4.78, 5) is 14.7. The highest BCUT2D eigenvalue weighted by molar-refractivity contribution is 14.1. The Bertz CT molecular complexity index is 539. The zero-order chi connectivity index (χ0) is 15.1. The highest BCUT2D eigenvalue weighted by Crippen LogP contribution is 2.31. The van der Waals surface area contributed by atoms with Crippen molar-refractivity contribution >= 4 is 73.7 Å². The predicted octanol–water partition coefficient (Wildman–Crippen LogP) is 4.00. The van der Waals surface area contributed by atoms with E-state index < -0.39 is 5.60 Å². The molecule has 0 spiro atoms. The van der Waals surface area contributed by atoms with Crippen LogP contribution in [0, 0.1) is 16.6 Å². The Morgan fingerprint density at radius 2 is 1.90 bits per heavy atom. The van der Waals surface area contributed by atoms with Crippen LogP contribution in [-0.2, 0) is 4.74 Å². The normalized spacial score (nSPS) is 16.9. The summed E-state index contributed by atoms with van der Waals surface area (Å²) in [6, 6.07) is 3.96. The maximum Gasteiger partial charge on any atom is 0.339 e.